The molecule has 1 aliphatic rings. The first-order chi connectivity index (χ1) is 9.78. The number of fused-ring (bicyclic) bond motifs is 1. The highest BCUT2D eigenvalue weighted by Crippen LogP contribution is 2.37. The first-order valence-corrected chi connectivity index (χ1v) is 7.85. The zero-order valence-corrected chi connectivity index (χ0v) is 12.8. The molecule has 1 aromatic heterocycles. The summed E-state index contributed by atoms with van der Waals surface area (Å²) in [6, 6.07) is 10.2. The molecule has 3 nitrogen and oxygen atoms in total. The van der Waals surface area contributed by atoms with E-state index in [0.29, 0.717) is 6.79 Å². The molecule has 1 N–H and O–H groups in total. The lowest BCUT2D eigenvalue weighted by Crippen LogP contribution is -2.22. The van der Waals surface area contributed by atoms with Gasteiger partial charge in [-0.2, -0.15) is 0 Å². The Morgan fingerprint density at radius 1 is 1.25 bits per heavy atom. The third-order valence-corrected chi connectivity index (χ3v) is 4.50. The molecule has 3 rings (SSSR count). The van der Waals surface area contributed by atoms with E-state index < -0.39 is 0 Å². The van der Waals surface area contributed by atoms with Gasteiger partial charge in [-0.1, -0.05) is 24.6 Å². The van der Waals surface area contributed by atoms with Gasteiger partial charge < -0.3 is 14.8 Å². The summed E-state index contributed by atoms with van der Waals surface area (Å²) in [5.74, 6) is 1.63. The first kappa shape index (κ1) is 13.7. The quantitative estimate of drug-likeness (QED) is 0.897. The van der Waals surface area contributed by atoms with Crippen LogP contribution < -0.4 is 14.8 Å². The molecule has 0 saturated carbocycles. The van der Waals surface area contributed by atoms with Gasteiger partial charge in [0, 0.05) is 4.88 Å². The van der Waals surface area contributed by atoms with Crippen molar-refractivity contribution in [3.8, 4) is 11.5 Å². The Morgan fingerprint density at radius 3 is 2.85 bits per heavy atom. The van der Waals surface area contributed by atoms with Crippen molar-refractivity contribution >= 4 is 22.9 Å². The molecule has 0 aliphatic carbocycles. The number of ether oxygens (including phenoxy) is 2. The standard InChI is InChI=1S/C15H16ClNO2S/c1-2-7-17-15(13-5-6-14(16)20-13)10-3-4-11-12(8-10)19-9-18-11/h3-6,8,15,17H,2,7,9H2,1H3. The molecule has 1 atom stereocenters. The highest BCUT2D eigenvalue weighted by Gasteiger charge is 2.20. The van der Waals surface area contributed by atoms with Crippen molar-refractivity contribution < 1.29 is 9.47 Å². The normalized spacial score (nSPS) is 14.5. The van der Waals surface area contributed by atoms with E-state index in [1.807, 2.05) is 18.2 Å². The minimum absolute atomic E-state index is 0.141. The summed E-state index contributed by atoms with van der Waals surface area (Å²) in [5.41, 5.74) is 1.17. The predicted molar refractivity (Wildman–Crippen MR) is 82.0 cm³/mol. The molecular weight excluding hydrogens is 294 g/mol. The fraction of sp³-hybridized carbons (Fsp3) is 0.333. The van der Waals surface area contributed by atoms with Crippen LogP contribution in [0.25, 0.3) is 0 Å². The smallest absolute Gasteiger partial charge is 0.231 e. The number of rotatable bonds is 5. The first-order valence-electron chi connectivity index (χ1n) is 6.66. The van der Waals surface area contributed by atoms with Gasteiger partial charge in [0.2, 0.25) is 6.79 Å². The van der Waals surface area contributed by atoms with Crippen molar-refractivity contribution in [3.63, 3.8) is 0 Å². The van der Waals surface area contributed by atoms with Crippen molar-refractivity contribution in [2.45, 2.75) is 19.4 Å². The lowest BCUT2D eigenvalue weighted by atomic mass is 10.0. The summed E-state index contributed by atoms with van der Waals surface area (Å²) < 4.78 is 11.6. The van der Waals surface area contributed by atoms with Crippen LogP contribution in [0.5, 0.6) is 11.5 Å². The molecule has 106 valence electrons. The summed E-state index contributed by atoms with van der Waals surface area (Å²) >= 11 is 7.67. The number of halogens is 1. The van der Waals surface area contributed by atoms with Gasteiger partial charge in [-0.3, -0.25) is 0 Å². The van der Waals surface area contributed by atoms with Gasteiger partial charge in [0.1, 0.15) is 0 Å². The van der Waals surface area contributed by atoms with E-state index in [2.05, 4.69) is 24.4 Å². The second kappa shape index (κ2) is 6.04. The molecule has 0 bridgehead atoms. The molecule has 2 aromatic rings. The number of nitrogens with one attached hydrogen (secondary N) is 1. The minimum atomic E-state index is 0.141. The fourth-order valence-corrected chi connectivity index (χ4v) is 3.41. The van der Waals surface area contributed by atoms with Crippen LogP contribution in [-0.2, 0) is 0 Å². The van der Waals surface area contributed by atoms with Crippen LogP contribution in [0.15, 0.2) is 30.3 Å². The fourth-order valence-electron chi connectivity index (χ4n) is 2.25. The Labute approximate surface area is 127 Å². The van der Waals surface area contributed by atoms with E-state index in [1.165, 1.54) is 10.4 Å². The van der Waals surface area contributed by atoms with Crippen molar-refractivity contribution in [3.05, 3.63) is 45.1 Å². The van der Waals surface area contributed by atoms with Gasteiger partial charge in [0.25, 0.3) is 0 Å². The molecule has 0 radical (unpaired) electrons. The molecule has 5 heteroatoms. The Hall–Kier alpha value is -1.23. The molecule has 0 fully saturated rings. The van der Waals surface area contributed by atoms with Crippen molar-refractivity contribution in [1.29, 1.82) is 0 Å². The van der Waals surface area contributed by atoms with E-state index in [9.17, 15) is 0 Å². The van der Waals surface area contributed by atoms with E-state index >= 15 is 0 Å². The van der Waals surface area contributed by atoms with E-state index in [0.717, 1.165) is 28.8 Å². The third-order valence-electron chi connectivity index (χ3n) is 3.21. The molecule has 2 heterocycles. The zero-order chi connectivity index (χ0) is 13.9. The maximum absolute atomic E-state index is 6.07. The third kappa shape index (κ3) is 2.77. The molecule has 1 unspecified atom stereocenters. The number of hydrogen-bond acceptors (Lipinski definition) is 4. The van der Waals surface area contributed by atoms with Crippen LogP contribution in [0.1, 0.15) is 29.8 Å². The van der Waals surface area contributed by atoms with E-state index in [1.54, 1.807) is 11.3 Å². The highest BCUT2D eigenvalue weighted by atomic mass is 35.5. The molecule has 1 aliphatic heterocycles. The van der Waals surface area contributed by atoms with Crippen molar-refractivity contribution in [1.82, 2.24) is 5.32 Å². The van der Waals surface area contributed by atoms with Crippen LogP contribution in [0, 0.1) is 0 Å². The van der Waals surface area contributed by atoms with Crippen LogP contribution in [-0.4, -0.2) is 13.3 Å². The summed E-state index contributed by atoms with van der Waals surface area (Å²) in [6.45, 7) is 3.41. The van der Waals surface area contributed by atoms with Gasteiger partial charge in [0.15, 0.2) is 11.5 Å². The second-order valence-electron chi connectivity index (χ2n) is 4.64. The zero-order valence-electron chi connectivity index (χ0n) is 11.2. The molecular formula is C15H16ClNO2S. The monoisotopic (exact) mass is 309 g/mol. The number of hydrogen-bond donors (Lipinski definition) is 1. The molecule has 0 saturated heterocycles. The van der Waals surface area contributed by atoms with E-state index in [-0.39, 0.29) is 6.04 Å². The second-order valence-corrected chi connectivity index (χ2v) is 6.39. The average Bonchev–Trinajstić information content (AvgIpc) is 3.07. The van der Waals surface area contributed by atoms with Gasteiger partial charge in [-0.05, 0) is 42.8 Å². The van der Waals surface area contributed by atoms with Crippen LogP contribution >= 0.6 is 22.9 Å². The topological polar surface area (TPSA) is 30.5 Å². The summed E-state index contributed by atoms with van der Waals surface area (Å²) in [5, 5.41) is 3.56. The molecule has 0 spiro atoms. The lowest BCUT2D eigenvalue weighted by molar-refractivity contribution is 0.174. The Balaban J connectivity index is 1.92. The SMILES string of the molecule is CCCNC(c1ccc2c(c1)OCO2)c1ccc(Cl)s1. The van der Waals surface area contributed by atoms with E-state index in [4.69, 9.17) is 21.1 Å². The summed E-state index contributed by atoms with van der Waals surface area (Å²) in [4.78, 5) is 1.21. The summed E-state index contributed by atoms with van der Waals surface area (Å²) in [6.07, 6.45) is 1.08. The average molecular weight is 310 g/mol. The van der Waals surface area contributed by atoms with Crippen molar-refractivity contribution in [2.24, 2.45) is 0 Å². The van der Waals surface area contributed by atoms with Crippen molar-refractivity contribution in [2.75, 3.05) is 13.3 Å². The van der Waals surface area contributed by atoms with Gasteiger partial charge in [-0.25, -0.2) is 0 Å². The lowest BCUT2D eigenvalue weighted by Gasteiger charge is -2.18. The molecule has 1 aromatic carbocycles. The Morgan fingerprint density at radius 2 is 2.10 bits per heavy atom. The predicted octanol–water partition coefficient (Wildman–Crippen LogP) is 4.22. The maximum Gasteiger partial charge on any atom is 0.231 e. The summed E-state index contributed by atoms with van der Waals surface area (Å²) in [7, 11) is 0. The Kier molecular flexibility index (Phi) is 4.15. The Bertz CT molecular complexity index is 599. The largest absolute Gasteiger partial charge is 0.454 e. The minimum Gasteiger partial charge on any atom is -0.454 e. The van der Waals surface area contributed by atoms with Gasteiger partial charge in [0.05, 0.1) is 10.4 Å². The molecule has 20 heavy (non-hydrogen) atoms. The van der Waals surface area contributed by atoms with Crippen LogP contribution in [0.2, 0.25) is 4.34 Å². The van der Waals surface area contributed by atoms with Crippen LogP contribution in [0.4, 0.5) is 0 Å². The van der Waals surface area contributed by atoms with Gasteiger partial charge >= 0.3 is 0 Å². The number of thiophene rings is 1. The number of benzene rings is 1. The maximum atomic E-state index is 6.07. The highest BCUT2D eigenvalue weighted by molar-refractivity contribution is 7.16. The van der Waals surface area contributed by atoms with Gasteiger partial charge in [-0.15, -0.1) is 11.3 Å². The molecule has 0 amide bonds. The van der Waals surface area contributed by atoms with Crippen LogP contribution in [0.3, 0.4) is 0 Å².